The average molecular weight is 866 g/mol. The monoisotopic (exact) mass is 866 g/mol. The van der Waals surface area contributed by atoms with Gasteiger partial charge in [-0.25, -0.2) is 0 Å². The molecule has 0 aliphatic rings. The molecule has 6 nitrogen and oxygen atoms in total. The molecule has 3 N–H and O–H groups in total. The minimum Gasteiger partial charge on any atom is -0.462 e. The molecule has 0 radical (unpaired) electrons. The highest BCUT2D eigenvalue weighted by Crippen LogP contribution is 2.17. The number of amides is 1. The van der Waals surface area contributed by atoms with Crippen molar-refractivity contribution >= 4 is 11.9 Å². The van der Waals surface area contributed by atoms with Gasteiger partial charge in [0.15, 0.2) is 0 Å². The van der Waals surface area contributed by atoms with E-state index in [1.165, 1.54) is 109 Å². The molecule has 0 aliphatic heterocycles. The summed E-state index contributed by atoms with van der Waals surface area (Å²) in [4.78, 5) is 26.1. The predicted molar refractivity (Wildman–Crippen MR) is 268 cm³/mol. The summed E-state index contributed by atoms with van der Waals surface area (Å²) in [6, 6.07) is -0.717. The topological polar surface area (TPSA) is 95.9 Å². The number of nitrogens with one attached hydrogen (secondary N) is 1. The first-order valence-corrected chi connectivity index (χ1v) is 26.2. The Labute approximate surface area is 383 Å². The van der Waals surface area contributed by atoms with Crippen LogP contribution in [0.2, 0.25) is 0 Å². The van der Waals surface area contributed by atoms with Gasteiger partial charge >= 0.3 is 5.97 Å². The number of aliphatic hydroxyl groups is 2. The van der Waals surface area contributed by atoms with E-state index in [2.05, 4.69) is 99.0 Å². The second-order valence-corrected chi connectivity index (χ2v) is 17.5. The fourth-order valence-electron chi connectivity index (χ4n) is 7.58. The average Bonchev–Trinajstić information content (AvgIpc) is 3.26. The molecule has 0 saturated carbocycles. The quantitative estimate of drug-likeness (QED) is 0.0322. The third-order valence-corrected chi connectivity index (χ3v) is 11.5. The number of carbonyl (C=O) groups excluding carboxylic acids is 2. The van der Waals surface area contributed by atoms with Crippen LogP contribution in [0.5, 0.6) is 0 Å². The maximum atomic E-state index is 13.2. The van der Waals surface area contributed by atoms with Gasteiger partial charge in [0, 0.05) is 6.42 Å². The zero-order valence-electron chi connectivity index (χ0n) is 40.7. The first kappa shape index (κ1) is 59.3. The van der Waals surface area contributed by atoms with E-state index in [1.54, 1.807) is 0 Å². The second kappa shape index (κ2) is 49.3. The van der Waals surface area contributed by atoms with Gasteiger partial charge in [0.25, 0.3) is 0 Å². The molecule has 0 bridgehead atoms. The van der Waals surface area contributed by atoms with Crippen LogP contribution in [0.25, 0.3) is 0 Å². The zero-order valence-corrected chi connectivity index (χ0v) is 40.7. The van der Waals surface area contributed by atoms with Crippen LogP contribution in [-0.2, 0) is 14.3 Å². The second-order valence-electron chi connectivity index (χ2n) is 17.5. The highest BCUT2D eigenvalue weighted by molar-refractivity contribution is 5.77. The van der Waals surface area contributed by atoms with Crippen molar-refractivity contribution in [1.82, 2.24) is 5.32 Å². The number of unbranched alkanes of at least 4 members (excludes halogenated alkanes) is 22. The molecule has 0 saturated heterocycles. The number of esters is 1. The normalized spacial score (nSPS) is 13.8. The minimum absolute atomic E-state index is 0.0472. The van der Waals surface area contributed by atoms with Crippen molar-refractivity contribution in [2.45, 2.75) is 264 Å². The fourth-order valence-corrected chi connectivity index (χ4v) is 7.58. The Morgan fingerprint density at radius 2 is 0.871 bits per heavy atom. The van der Waals surface area contributed by atoms with Crippen LogP contribution in [0.1, 0.15) is 245 Å². The van der Waals surface area contributed by atoms with Crippen LogP contribution >= 0.6 is 0 Å². The largest absolute Gasteiger partial charge is 0.462 e. The number of ether oxygens (including phenoxy) is 1. The molecule has 6 heteroatoms. The van der Waals surface area contributed by atoms with E-state index in [0.29, 0.717) is 25.7 Å². The third kappa shape index (κ3) is 43.9. The summed E-state index contributed by atoms with van der Waals surface area (Å²) < 4.78 is 5.91. The maximum absolute atomic E-state index is 13.2. The van der Waals surface area contributed by atoms with Crippen LogP contribution in [0.4, 0.5) is 0 Å². The van der Waals surface area contributed by atoms with E-state index < -0.39 is 18.2 Å². The number of rotatable bonds is 46. The molecule has 0 fully saturated rings. The van der Waals surface area contributed by atoms with Gasteiger partial charge in [-0.05, 0) is 89.9 Å². The Bertz CT molecular complexity index is 1150. The summed E-state index contributed by atoms with van der Waals surface area (Å²) in [6.45, 7) is 6.34. The molecule has 0 rings (SSSR count). The molecule has 3 atom stereocenters. The number of carbonyl (C=O) groups is 2. The standard InChI is InChI=1S/C56H99NO5/c1-4-7-10-13-16-19-22-24-26-27-29-31-34-37-40-43-46-49-56(61)62-52(47-44-41-38-35-33-30-28-25-23-20-17-14-11-8-5-2)50-55(60)57-53(51-58)54(59)48-45-42-39-36-32-21-18-15-12-9-6-3/h7,10,16,19,24-26,28-29,31,37,40,52-54,58-59H,4-6,8-9,11-15,17-18,20-23,27,30,32-36,38-39,41-51H2,1-3H3,(H,57,60)/b10-7-,19-16-,26-24-,28-25+,31-29-,40-37-. The molecule has 3 unspecified atom stereocenters. The van der Waals surface area contributed by atoms with Gasteiger partial charge in [-0.3, -0.25) is 9.59 Å². The van der Waals surface area contributed by atoms with Gasteiger partial charge in [-0.1, -0.05) is 216 Å². The van der Waals surface area contributed by atoms with Crippen molar-refractivity contribution in [1.29, 1.82) is 0 Å². The Balaban J connectivity index is 4.70. The Morgan fingerprint density at radius 1 is 0.484 bits per heavy atom. The van der Waals surface area contributed by atoms with Gasteiger partial charge in [-0.15, -0.1) is 0 Å². The molecular formula is C56H99NO5. The Morgan fingerprint density at radius 3 is 1.34 bits per heavy atom. The first-order valence-electron chi connectivity index (χ1n) is 26.2. The summed E-state index contributed by atoms with van der Waals surface area (Å²) in [7, 11) is 0. The van der Waals surface area contributed by atoms with Crippen LogP contribution in [0, 0.1) is 0 Å². The number of aliphatic hydroxyl groups excluding tert-OH is 2. The lowest BCUT2D eigenvalue weighted by molar-refractivity contribution is -0.151. The fraction of sp³-hybridized carbons (Fsp3) is 0.750. The highest BCUT2D eigenvalue weighted by Gasteiger charge is 2.24. The van der Waals surface area contributed by atoms with Gasteiger partial charge in [0.05, 0.1) is 25.2 Å². The SMILES string of the molecule is CC/C=C\C/C=C\C/C=C\C/C=C\C/C=C\CCCC(=O)OC(CCCCCCC/C=C/CCCCCCCC)CC(=O)NC(CO)C(O)CCCCCCCCCCCCC. The van der Waals surface area contributed by atoms with E-state index in [-0.39, 0.29) is 24.9 Å². The minimum atomic E-state index is -0.801. The lowest BCUT2D eigenvalue weighted by atomic mass is 10.0. The van der Waals surface area contributed by atoms with Crippen LogP contribution < -0.4 is 5.32 Å². The summed E-state index contributed by atoms with van der Waals surface area (Å²) in [5, 5.41) is 23.7. The Kier molecular flexibility index (Phi) is 47.2. The van der Waals surface area contributed by atoms with Crippen molar-refractivity contribution in [2.75, 3.05) is 6.61 Å². The molecule has 1 amide bonds. The number of hydrogen-bond donors (Lipinski definition) is 3. The molecule has 0 aromatic rings. The molecular weight excluding hydrogens is 767 g/mol. The van der Waals surface area contributed by atoms with E-state index in [4.69, 9.17) is 4.74 Å². The van der Waals surface area contributed by atoms with Crippen molar-refractivity contribution in [3.8, 4) is 0 Å². The summed E-state index contributed by atoms with van der Waals surface area (Å²) in [5.41, 5.74) is 0. The summed E-state index contributed by atoms with van der Waals surface area (Å²) in [6.07, 6.45) is 62.5. The molecule has 0 aromatic carbocycles. The van der Waals surface area contributed by atoms with Crippen LogP contribution in [0.15, 0.2) is 72.9 Å². The van der Waals surface area contributed by atoms with E-state index in [9.17, 15) is 19.8 Å². The van der Waals surface area contributed by atoms with Crippen molar-refractivity contribution in [3.63, 3.8) is 0 Å². The molecule has 0 heterocycles. The van der Waals surface area contributed by atoms with Gasteiger partial charge in [0.1, 0.15) is 6.10 Å². The summed E-state index contributed by atoms with van der Waals surface area (Å²) >= 11 is 0. The molecule has 358 valence electrons. The van der Waals surface area contributed by atoms with Crippen LogP contribution in [0.3, 0.4) is 0 Å². The molecule has 0 aliphatic carbocycles. The zero-order chi connectivity index (χ0) is 45.2. The van der Waals surface area contributed by atoms with Crippen LogP contribution in [-0.4, -0.2) is 46.9 Å². The van der Waals surface area contributed by atoms with Crippen molar-refractivity contribution < 1.29 is 24.5 Å². The van der Waals surface area contributed by atoms with Gasteiger partial charge in [-0.2, -0.15) is 0 Å². The number of allylic oxidation sites excluding steroid dienone is 12. The van der Waals surface area contributed by atoms with E-state index in [0.717, 1.165) is 83.5 Å². The van der Waals surface area contributed by atoms with Crippen molar-refractivity contribution in [3.05, 3.63) is 72.9 Å². The maximum Gasteiger partial charge on any atom is 0.306 e. The smallest absolute Gasteiger partial charge is 0.306 e. The van der Waals surface area contributed by atoms with Crippen molar-refractivity contribution in [2.24, 2.45) is 0 Å². The highest BCUT2D eigenvalue weighted by atomic mass is 16.5. The van der Waals surface area contributed by atoms with Gasteiger partial charge < -0.3 is 20.3 Å². The lowest BCUT2D eigenvalue weighted by Gasteiger charge is -2.24. The summed E-state index contributed by atoms with van der Waals surface area (Å²) in [5.74, 6) is -0.551. The molecule has 0 aromatic heterocycles. The number of hydrogen-bond acceptors (Lipinski definition) is 5. The first-order chi connectivity index (χ1) is 30.5. The Hall–Kier alpha value is -2.70. The lowest BCUT2D eigenvalue weighted by Crippen LogP contribution is -2.46. The van der Waals surface area contributed by atoms with Gasteiger partial charge in [0.2, 0.25) is 5.91 Å². The predicted octanol–water partition coefficient (Wildman–Crippen LogP) is 15.8. The molecule has 0 spiro atoms. The van der Waals surface area contributed by atoms with E-state index >= 15 is 0 Å². The molecule has 62 heavy (non-hydrogen) atoms. The third-order valence-electron chi connectivity index (χ3n) is 11.5. The van der Waals surface area contributed by atoms with E-state index in [1.807, 2.05) is 0 Å².